The van der Waals surface area contributed by atoms with Gasteiger partial charge >= 0.3 is 0 Å². The lowest BCUT2D eigenvalue weighted by molar-refractivity contribution is 0.0914. The lowest BCUT2D eigenvalue weighted by Crippen LogP contribution is -2.17. The third kappa shape index (κ3) is 5.19. The number of Topliss-reactive ketones (excluding diaryl/α,β-unsaturated/α-hetero) is 1. The summed E-state index contributed by atoms with van der Waals surface area (Å²) in [6.07, 6.45) is 2.43. The van der Waals surface area contributed by atoms with Crippen molar-refractivity contribution in [3.8, 4) is 5.75 Å². The number of nitrogens with two attached hydrogens (primary N) is 1. The monoisotopic (exact) mass is 614 g/mol. The molecule has 220 valence electrons. The number of ether oxygens (including phenoxy) is 1. The van der Waals surface area contributed by atoms with E-state index >= 15 is 0 Å². The molecular formula is C34H31ClN2O5S. The second-order valence-electron chi connectivity index (χ2n) is 11.6. The molecule has 0 bridgehead atoms. The van der Waals surface area contributed by atoms with E-state index in [4.69, 9.17) is 22.1 Å². The second-order valence-corrected chi connectivity index (χ2v) is 13.8. The van der Waals surface area contributed by atoms with Crippen LogP contribution in [-0.4, -0.2) is 30.7 Å². The van der Waals surface area contributed by atoms with Crippen molar-refractivity contribution < 1.29 is 22.7 Å². The summed E-state index contributed by atoms with van der Waals surface area (Å²) in [4.78, 5) is 26.1. The molecule has 1 saturated carbocycles. The number of amides is 1. The number of carbonyl (C=O) groups is 2. The van der Waals surface area contributed by atoms with Crippen LogP contribution in [0.2, 0.25) is 5.02 Å². The molecular weight excluding hydrogens is 584 g/mol. The summed E-state index contributed by atoms with van der Waals surface area (Å²) < 4.78 is 35.5. The lowest BCUT2D eigenvalue weighted by Gasteiger charge is -2.14. The summed E-state index contributed by atoms with van der Waals surface area (Å²) in [6.45, 7) is 7.23. The maximum absolute atomic E-state index is 14.2. The molecule has 0 unspecified atom stereocenters. The highest BCUT2D eigenvalue weighted by atomic mass is 35.5. The van der Waals surface area contributed by atoms with Crippen molar-refractivity contribution in [3.63, 3.8) is 0 Å². The number of nitrogens with zero attached hydrogens (tertiary/aromatic N) is 1. The lowest BCUT2D eigenvalue weighted by atomic mass is 10.0. The van der Waals surface area contributed by atoms with E-state index < -0.39 is 28.3 Å². The molecule has 2 N–H and O–H groups in total. The van der Waals surface area contributed by atoms with Crippen molar-refractivity contribution in [3.05, 3.63) is 105 Å². The Labute approximate surface area is 255 Å². The van der Waals surface area contributed by atoms with E-state index in [1.807, 2.05) is 37.3 Å². The number of carbonyl (C=O) groups excluding carboxylic acids is 2. The van der Waals surface area contributed by atoms with Gasteiger partial charge in [-0.05, 0) is 96.8 Å². The molecule has 0 spiro atoms. The third-order valence-corrected chi connectivity index (χ3v) is 10.5. The molecule has 2 atom stereocenters. The van der Waals surface area contributed by atoms with Crippen LogP contribution in [0, 0.1) is 26.7 Å². The van der Waals surface area contributed by atoms with E-state index in [1.165, 1.54) is 10.2 Å². The minimum Gasteiger partial charge on any atom is -0.485 e. The second kappa shape index (κ2) is 10.5. The van der Waals surface area contributed by atoms with Crippen LogP contribution in [0.15, 0.2) is 71.8 Å². The fourth-order valence-electron chi connectivity index (χ4n) is 6.11. The maximum Gasteiger partial charge on any atom is 0.268 e. The molecule has 1 aliphatic rings. The van der Waals surface area contributed by atoms with Gasteiger partial charge in [0.15, 0.2) is 6.61 Å². The number of fused-ring (bicyclic) bond motifs is 2. The Morgan fingerprint density at radius 2 is 1.65 bits per heavy atom. The zero-order valence-corrected chi connectivity index (χ0v) is 25.8. The summed E-state index contributed by atoms with van der Waals surface area (Å²) in [5.74, 6) is -0.113. The van der Waals surface area contributed by atoms with Gasteiger partial charge in [-0.3, -0.25) is 9.59 Å². The van der Waals surface area contributed by atoms with Gasteiger partial charge in [-0.25, -0.2) is 12.4 Å². The van der Waals surface area contributed by atoms with Crippen LogP contribution >= 0.6 is 11.6 Å². The fourth-order valence-corrected chi connectivity index (χ4v) is 8.07. The zero-order valence-electron chi connectivity index (χ0n) is 24.3. The number of rotatable bonds is 8. The minimum absolute atomic E-state index is 0.112. The van der Waals surface area contributed by atoms with Gasteiger partial charge < -0.3 is 10.5 Å². The summed E-state index contributed by atoms with van der Waals surface area (Å²) in [7, 11) is -4.05. The Morgan fingerprint density at radius 3 is 2.30 bits per heavy atom. The smallest absolute Gasteiger partial charge is 0.268 e. The molecule has 1 aliphatic carbocycles. The SMILES string of the molecule is Cc1cc(C)c(S(=O)(=O)n2cc(C(=O)COc3cc4ccc(Cl)cc4cc3C(N)=O)c3ccc([C@@H]4C[C@H]4C)cc32)c(C)c1. The van der Waals surface area contributed by atoms with Crippen molar-refractivity contribution in [1.29, 1.82) is 0 Å². The average Bonchev–Trinajstić information content (AvgIpc) is 3.53. The molecule has 6 rings (SSSR count). The Kier molecular flexibility index (Phi) is 7.10. The van der Waals surface area contributed by atoms with E-state index in [1.54, 1.807) is 44.2 Å². The zero-order chi connectivity index (χ0) is 30.8. The topological polar surface area (TPSA) is 108 Å². The van der Waals surface area contributed by atoms with Crippen LogP contribution in [0.5, 0.6) is 5.75 Å². The fraction of sp³-hybridized carbons (Fsp3) is 0.235. The first-order valence-electron chi connectivity index (χ1n) is 14.0. The van der Waals surface area contributed by atoms with Gasteiger partial charge in [0.2, 0.25) is 5.78 Å². The molecule has 1 amide bonds. The molecule has 0 radical (unpaired) electrons. The number of ketones is 1. The van der Waals surface area contributed by atoms with Crippen molar-refractivity contribution in [2.24, 2.45) is 11.7 Å². The molecule has 7 nitrogen and oxygen atoms in total. The quantitative estimate of drug-likeness (QED) is 0.188. The molecule has 0 aliphatic heterocycles. The van der Waals surface area contributed by atoms with Crippen LogP contribution in [0.3, 0.4) is 0 Å². The average molecular weight is 615 g/mol. The highest BCUT2D eigenvalue weighted by Gasteiger charge is 2.35. The van der Waals surface area contributed by atoms with E-state index in [2.05, 4.69) is 6.92 Å². The van der Waals surface area contributed by atoms with Gasteiger partial charge in [0, 0.05) is 22.2 Å². The standard InChI is InChI=1S/C34H31ClN2O5S/c1-18-9-20(3)33(21(4)10-18)43(40,41)37-16-29(26-8-6-23(14-30(26)37)27-11-19(27)2)31(38)17-42-32-15-22-5-7-25(35)12-24(22)13-28(32)34(36)39/h5-10,12-16,19,27H,11,17H2,1-4H3,(H2,36,39)/t19-,27-/m1/s1. The van der Waals surface area contributed by atoms with E-state index in [-0.39, 0.29) is 21.8 Å². The van der Waals surface area contributed by atoms with Crippen LogP contribution < -0.4 is 10.5 Å². The number of primary amides is 1. The van der Waals surface area contributed by atoms with Crippen molar-refractivity contribution in [1.82, 2.24) is 3.97 Å². The van der Waals surface area contributed by atoms with Crippen LogP contribution in [0.1, 0.15) is 62.2 Å². The normalized spacial score (nSPS) is 16.5. The Hall–Kier alpha value is -4.14. The summed E-state index contributed by atoms with van der Waals surface area (Å²) >= 11 is 6.11. The number of hydrogen-bond acceptors (Lipinski definition) is 5. The Bertz CT molecular complexity index is 2070. The first-order valence-corrected chi connectivity index (χ1v) is 15.8. The molecule has 43 heavy (non-hydrogen) atoms. The van der Waals surface area contributed by atoms with Gasteiger partial charge in [-0.2, -0.15) is 0 Å². The number of hydrogen-bond donors (Lipinski definition) is 1. The first-order chi connectivity index (χ1) is 20.3. The van der Waals surface area contributed by atoms with E-state index in [0.717, 1.165) is 22.9 Å². The van der Waals surface area contributed by atoms with Crippen molar-refractivity contribution >= 4 is 55.0 Å². The predicted molar refractivity (Wildman–Crippen MR) is 169 cm³/mol. The Balaban J connectivity index is 1.42. The first kappa shape index (κ1) is 29.0. The van der Waals surface area contributed by atoms with Gasteiger partial charge in [0.1, 0.15) is 5.75 Å². The molecule has 9 heteroatoms. The highest BCUT2D eigenvalue weighted by Crippen LogP contribution is 2.47. The minimum atomic E-state index is -4.05. The summed E-state index contributed by atoms with van der Waals surface area (Å²) in [5, 5.41) is 2.48. The van der Waals surface area contributed by atoms with Gasteiger partial charge in [-0.1, -0.05) is 54.4 Å². The number of aromatic nitrogens is 1. The van der Waals surface area contributed by atoms with Gasteiger partial charge in [-0.15, -0.1) is 0 Å². The summed E-state index contributed by atoms with van der Waals surface area (Å²) in [6, 6.07) is 17.8. The molecule has 1 aromatic heterocycles. The highest BCUT2D eigenvalue weighted by molar-refractivity contribution is 7.90. The van der Waals surface area contributed by atoms with Crippen LogP contribution in [0.4, 0.5) is 0 Å². The largest absolute Gasteiger partial charge is 0.485 e. The predicted octanol–water partition coefficient (Wildman–Crippen LogP) is 7.09. The van der Waals surface area contributed by atoms with Gasteiger partial charge in [0.25, 0.3) is 15.9 Å². The maximum atomic E-state index is 14.2. The van der Waals surface area contributed by atoms with Crippen molar-refractivity contribution in [2.45, 2.75) is 44.9 Å². The number of halogens is 1. The molecule has 1 heterocycles. The van der Waals surface area contributed by atoms with E-state index in [0.29, 0.717) is 44.3 Å². The summed E-state index contributed by atoms with van der Waals surface area (Å²) in [5.41, 5.74) is 9.68. The molecule has 1 fully saturated rings. The van der Waals surface area contributed by atoms with Gasteiger partial charge in [0.05, 0.1) is 16.0 Å². The Morgan fingerprint density at radius 1 is 0.953 bits per heavy atom. The van der Waals surface area contributed by atoms with E-state index in [9.17, 15) is 18.0 Å². The molecule has 4 aromatic carbocycles. The number of aryl methyl sites for hydroxylation is 3. The van der Waals surface area contributed by atoms with Crippen molar-refractivity contribution in [2.75, 3.05) is 6.61 Å². The van der Waals surface area contributed by atoms with Crippen LogP contribution in [0.25, 0.3) is 21.7 Å². The number of benzene rings is 4. The third-order valence-electron chi connectivity index (χ3n) is 8.28. The molecule has 0 saturated heterocycles. The molecule has 5 aromatic rings. The van der Waals surface area contributed by atoms with Crippen LogP contribution in [-0.2, 0) is 10.0 Å².